The van der Waals surface area contributed by atoms with Crippen LogP contribution >= 0.6 is 11.6 Å². The minimum atomic E-state index is -0.119. The Morgan fingerprint density at radius 1 is 1.24 bits per heavy atom. The quantitative estimate of drug-likeness (QED) is 0.906. The Morgan fingerprint density at radius 3 is 2.65 bits per heavy atom. The number of nitrogens with one attached hydrogen (secondary N) is 1. The maximum Gasteiger partial charge on any atom is 0.229 e. The van der Waals surface area contributed by atoms with Crippen molar-refractivity contribution < 1.29 is 4.79 Å². The third kappa shape index (κ3) is 3.53. The van der Waals surface area contributed by atoms with Crippen molar-refractivity contribution in [2.24, 2.45) is 0 Å². The van der Waals surface area contributed by atoms with Crippen LogP contribution in [-0.2, 0) is 11.2 Å². The van der Waals surface area contributed by atoms with Crippen molar-refractivity contribution in [3.63, 3.8) is 0 Å². The molecule has 2 aromatic rings. The molecular formula is C12H10ClN3O. The van der Waals surface area contributed by atoms with Crippen molar-refractivity contribution in [2.75, 3.05) is 5.32 Å². The van der Waals surface area contributed by atoms with Gasteiger partial charge in [0.2, 0.25) is 5.91 Å². The summed E-state index contributed by atoms with van der Waals surface area (Å²) in [4.78, 5) is 19.3. The molecule has 0 spiro atoms. The second-order valence-electron chi connectivity index (χ2n) is 3.45. The van der Waals surface area contributed by atoms with Crippen LogP contribution < -0.4 is 5.32 Å². The Hall–Kier alpha value is -1.94. The second-order valence-corrected chi connectivity index (χ2v) is 3.88. The summed E-state index contributed by atoms with van der Waals surface area (Å²) in [7, 11) is 0. The lowest BCUT2D eigenvalue weighted by Crippen LogP contribution is -2.15. The highest BCUT2D eigenvalue weighted by atomic mass is 35.5. The molecule has 0 saturated heterocycles. The van der Waals surface area contributed by atoms with E-state index in [2.05, 4.69) is 15.3 Å². The van der Waals surface area contributed by atoms with Gasteiger partial charge in [0.15, 0.2) is 0 Å². The minimum absolute atomic E-state index is 0.119. The fraction of sp³-hybridized carbons (Fsp3) is 0.0833. The number of hydrogen-bond acceptors (Lipinski definition) is 3. The van der Waals surface area contributed by atoms with Gasteiger partial charge < -0.3 is 5.32 Å². The van der Waals surface area contributed by atoms with E-state index in [1.807, 2.05) is 12.1 Å². The third-order valence-corrected chi connectivity index (χ3v) is 2.38. The van der Waals surface area contributed by atoms with E-state index in [0.29, 0.717) is 17.3 Å². The molecule has 1 N–H and O–H groups in total. The van der Waals surface area contributed by atoms with E-state index in [4.69, 9.17) is 11.6 Å². The molecule has 86 valence electrons. The Morgan fingerprint density at radius 2 is 2.00 bits per heavy atom. The van der Waals surface area contributed by atoms with Gasteiger partial charge in [-0.25, -0.2) is 9.97 Å². The van der Waals surface area contributed by atoms with Crippen LogP contribution in [0.1, 0.15) is 5.56 Å². The molecule has 1 amide bonds. The largest absolute Gasteiger partial charge is 0.310 e. The molecule has 2 rings (SSSR count). The number of carbonyl (C=O) groups excluding carboxylic acids is 1. The lowest BCUT2D eigenvalue weighted by molar-refractivity contribution is -0.115. The first-order valence-electron chi connectivity index (χ1n) is 5.04. The third-order valence-electron chi connectivity index (χ3n) is 2.13. The van der Waals surface area contributed by atoms with Crippen molar-refractivity contribution in [1.82, 2.24) is 9.97 Å². The molecule has 0 fully saturated rings. The van der Waals surface area contributed by atoms with E-state index in [1.54, 1.807) is 24.4 Å². The van der Waals surface area contributed by atoms with E-state index in [1.165, 1.54) is 6.33 Å². The molecule has 1 aromatic carbocycles. The maximum absolute atomic E-state index is 11.7. The Balaban J connectivity index is 1.96. The van der Waals surface area contributed by atoms with Crippen molar-refractivity contribution in [3.8, 4) is 0 Å². The summed E-state index contributed by atoms with van der Waals surface area (Å²) in [6.45, 7) is 0. The van der Waals surface area contributed by atoms with Gasteiger partial charge in [0.1, 0.15) is 12.1 Å². The van der Waals surface area contributed by atoms with Gasteiger partial charge in [-0.1, -0.05) is 23.7 Å². The SMILES string of the molecule is O=C(Cc1ccc(Cl)cc1)Nc1ccncn1. The number of nitrogens with zero attached hydrogens (tertiary/aromatic N) is 2. The van der Waals surface area contributed by atoms with Crippen molar-refractivity contribution >= 4 is 23.3 Å². The smallest absolute Gasteiger partial charge is 0.229 e. The first-order valence-corrected chi connectivity index (χ1v) is 5.42. The van der Waals surface area contributed by atoms with Gasteiger partial charge in [-0.3, -0.25) is 4.79 Å². The molecule has 17 heavy (non-hydrogen) atoms. The zero-order chi connectivity index (χ0) is 12.1. The molecule has 1 heterocycles. The molecule has 0 saturated carbocycles. The number of halogens is 1. The zero-order valence-corrected chi connectivity index (χ0v) is 9.69. The van der Waals surface area contributed by atoms with Gasteiger partial charge in [0, 0.05) is 11.2 Å². The normalized spacial score (nSPS) is 9.94. The molecule has 0 aliphatic rings. The van der Waals surface area contributed by atoms with Crippen LogP contribution in [0.15, 0.2) is 42.9 Å². The van der Waals surface area contributed by atoms with Gasteiger partial charge in [-0.15, -0.1) is 0 Å². The summed E-state index contributed by atoms with van der Waals surface area (Å²) in [5, 5.41) is 3.34. The summed E-state index contributed by atoms with van der Waals surface area (Å²) in [6.07, 6.45) is 3.25. The van der Waals surface area contributed by atoms with Crippen molar-refractivity contribution in [2.45, 2.75) is 6.42 Å². The van der Waals surface area contributed by atoms with Crippen molar-refractivity contribution in [3.05, 3.63) is 53.4 Å². The van der Waals surface area contributed by atoms with Crippen LogP contribution in [0.3, 0.4) is 0 Å². The second kappa shape index (κ2) is 5.41. The fourth-order valence-corrected chi connectivity index (χ4v) is 1.47. The lowest BCUT2D eigenvalue weighted by atomic mass is 10.1. The van der Waals surface area contributed by atoms with E-state index in [9.17, 15) is 4.79 Å². The Labute approximate surface area is 104 Å². The molecule has 0 aliphatic carbocycles. The minimum Gasteiger partial charge on any atom is -0.310 e. The highest BCUT2D eigenvalue weighted by Gasteiger charge is 2.04. The molecule has 0 unspecified atom stereocenters. The van der Waals surface area contributed by atoms with E-state index < -0.39 is 0 Å². The van der Waals surface area contributed by atoms with Gasteiger partial charge in [0.25, 0.3) is 0 Å². The number of rotatable bonds is 3. The number of benzene rings is 1. The van der Waals surface area contributed by atoms with Crippen molar-refractivity contribution in [1.29, 1.82) is 0 Å². The summed E-state index contributed by atoms with van der Waals surface area (Å²) < 4.78 is 0. The molecule has 0 aliphatic heterocycles. The van der Waals surface area contributed by atoms with Gasteiger partial charge in [0.05, 0.1) is 6.42 Å². The molecule has 0 bridgehead atoms. The predicted molar refractivity (Wildman–Crippen MR) is 65.8 cm³/mol. The molecule has 0 atom stereocenters. The molecule has 4 nitrogen and oxygen atoms in total. The standard InChI is InChI=1S/C12H10ClN3O/c13-10-3-1-9(2-4-10)7-12(17)16-11-5-6-14-8-15-11/h1-6,8H,7H2,(H,14,15,16,17). The average Bonchev–Trinajstić information content (AvgIpc) is 2.33. The zero-order valence-electron chi connectivity index (χ0n) is 8.93. The highest BCUT2D eigenvalue weighted by Crippen LogP contribution is 2.10. The average molecular weight is 248 g/mol. The Bertz CT molecular complexity index is 499. The first kappa shape index (κ1) is 11.5. The number of amides is 1. The van der Waals surface area contributed by atoms with Crippen LogP contribution in [0.5, 0.6) is 0 Å². The maximum atomic E-state index is 11.7. The Kier molecular flexibility index (Phi) is 3.67. The first-order chi connectivity index (χ1) is 8.24. The molecule has 5 heteroatoms. The lowest BCUT2D eigenvalue weighted by Gasteiger charge is -2.03. The number of hydrogen-bond donors (Lipinski definition) is 1. The number of anilines is 1. The summed E-state index contributed by atoms with van der Waals surface area (Å²) in [6, 6.07) is 8.80. The molecule has 0 radical (unpaired) electrons. The van der Waals surface area contributed by atoms with E-state index >= 15 is 0 Å². The van der Waals surface area contributed by atoms with E-state index in [-0.39, 0.29) is 5.91 Å². The topological polar surface area (TPSA) is 54.9 Å². The molecule has 1 aromatic heterocycles. The van der Waals surface area contributed by atoms with Gasteiger partial charge >= 0.3 is 0 Å². The summed E-state index contributed by atoms with van der Waals surface area (Å²) >= 11 is 5.76. The summed E-state index contributed by atoms with van der Waals surface area (Å²) in [5.74, 6) is 0.380. The van der Waals surface area contributed by atoms with Crippen LogP contribution in [0.4, 0.5) is 5.82 Å². The van der Waals surface area contributed by atoms with Crippen LogP contribution in [0, 0.1) is 0 Å². The van der Waals surface area contributed by atoms with Gasteiger partial charge in [-0.2, -0.15) is 0 Å². The fourth-order valence-electron chi connectivity index (χ4n) is 1.34. The predicted octanol–water partition coefficient (Wildman–Crippen LogP) is 2.31. The number of aromatic nitrogens is 2. The van der Waals surface area contributed by atoms with Crippen LogP contribution in [-0.4, -0.2) is 15.9 Å². The van der Waals surface area contributed by atoms with Crippen LogP contribution in [0.2, 0.25) is 5.02 Å². The van der Waals surface area contributed by atoms with E-state index in [0.717, 1.165) is 5.56 Å². The van der Waals surface area contributed by atoms with Crippen LogP contribution in [0.25, 0.3) is 0 Å². The highest BCUT2D eigenvalue weighted by molar-refractivity contribution is 6.30. The monoisotopic (exact) mass is 247 g/mol. The summed E-state index contributed by atoms with van der Waals surface area (Å²) in [5.41, 5.74) is 0.904. The van der Waals surface area contributed by atoms with Gasteiger partial charge in [-0.05, 0) is 23.8 Å². The number of carbonyl (C=O) groups is 1. The molecular weight excluding hydrogens is 238 g/mol.